The quantitative estimate of drug-likeness (QED) is 0.625. The van der Waals surface area contributed by atoms with E-state index in [4.69, 9.17) is 0 Å². The molecule has 1 N–H and O–H groups in total. The van der Waals surface area contributed by atoms with Crippen LogP contribution in [0.4, 0.5) is 5.69 Å². The summed E-state index contributed by atoms with van der Waals surface area (Å²) in [5, 5.41) is 2.88. The number of hydrogen-bond donors (Lipinski definition) is 1. The van der Waals surface area contributed by atoms with Gasteiger partial charge in [-0.05, 0) is 34.9 Å². The Morgan fingerprint density at radius 2 is 1.30 bits per heavy atom. The number of carbonyl (C=O) groups is 2. The summed E-state index contributed by atoms with van der Waals surface area (Å²) >= 11 is 0. The van der Waals surface area contributed by atoms with Crippen LogP contribution in [0.5, 0.6) is 0 Å². The van der Waals surface area contributed by atoms with Crippen LogP contribution in [0.25, 0.3) is 6.08 Å². The van der Waals surface area contributed by atoms with Gasteiger partial charge >= 0.3 is 0 Å². The predicted molar refractivity (Wildman–Crippen MR) is 109 cm³/mol. The number of anilines is 1. The molecule has 0 aliphatic carbocycles. The van der Waals surface area contributed by atoms with Crippen LogP contribution < -0.4 is 5.32 Å². The lowest BCUT2D eigenvalue weighted by atomic mass is 10.1. The Morgan fingerprint density at radius 3 is 1.96 bits per heavy atom. The van der Waals surface area contributed by atoms with Crippen LogP contribution in [0, 0.1) is 0 Å². The summed E-state index contributed by atoms with van der Waals surface area (Å²) in [5.74, 6) is -0.0180. The first-order valence-electron chi connectivity index (χ1n) is 8.88. The zero-order chi connectivity index (χ0) is 18.9. The van der Waals surface area contributed by atoms with Crippen LogP contribution in [0.15, 0.2) is 91.0 Å². The highest BCUT2D eigenvalue weighted by atomic mass is 16.1. The summed E-state index contributed by atoms with van der Waals surface area (Å²) in [6.07, 6.45) is 4.10. The molecule has 0 bridgehead atoms. The predicted octanol–water partition coefficient (Wildman–Crippen LogP) is 4.69. The van der Waals surface area contributed by atoms with Crippen molar-refractivity contribution in [3.05, 3.63) is 108 Å². The second kappa shape index (κ2) is 9.30. The molecule has 3 aromatic carbocycles. The van der Waals surface area contributed by atoms with Crippen LogP contribution in [0.3, 0.4) is 0 Å². The van der Waals surface area contributed by atoms with Gasteiger partial charge in [-0.25, -0.2) is 0 Å². The normalized spacial score (nSPS) is 10.7. The van der Waals surface area contributed by atoms with E-state index in [9.17, 15) is 9.59 Å². The van der Waals surface area contributed by atoms with Crippen molar-refractivity contribution in [2.24, 2.45) is 0 Å². The van der Waals surface area contributed by atoms with Crippen molar-refractivity contribution in [3.8, 4) is 0 Å². The van der Waals surface area contributed by atoms with E-state index in [0.29, 0.717) is 12.8 Å². The number of allylic oxidation sites excluding steroid dienone is 1. The average Bonchev–Trinajstić information content (AvgIpc) is 2.69. The second-order valence-electron chi connectivity index (χ2n) is 6.29. The number of benzene rings is 3. The van der Waals surface area contributed by atoms with Gasteiger partial charge in [0.05, 0.1) is 6.42 Å². The van der Waals surface area contributed by atoms with Gasteiger partial charge in [-0.15, -0.1) is 0 Å². The Bertz CT molecular complexity index is 914. The summed E-state index contributed by atoms with van der Waals surface area (Å²) in [5.41, 5.74) is 3.62. The molecule has 0 radical (unpaired) electrons. The summed E-state index contributed by atoms with van der Waals surface area (Å²) < 4.78 is 0. The molecule has 3 nitrogen and oxygen atoms in total. The van der Waals surface area contributed by atoms with Gasteiger partial charge in [0.1, 0.15) is 0 Å². The van der Waals surface area contributed by atoms with E-state index < -0.39 is 0 Å². The van der Waals surface area contributed by atoms with Crippen molar-refractivity contribution in [1.29, 1.82) is 0 Å². The Morgan fingerprint density at radius 1 is 0.704 bits per heavy atom. The van der Waals surface area contributed by atoms with E-state index in [1.165, 1.54) is 0 Å². The van der Waals surface area contributed by atoms with Gasteiger partial charge in [-0.3, -0.25) is 9.59 Å². The first kappa shape index (κ1) is 18.3. The molecule has 3 aromatic rings. The number of hydrogen-bond acceptors (Lipinski definition) is 2. The van der Waals surface area contributed by atoms with Crippen molar-refractivity contribution in [2.45, 2.75) is 12.8 Å². The monoisotopic (exact) mass is 355 g/mol. The maximum atomic E-state index is 12.1. The molecule has 0 aliphatic heterocycles. The van der Waals surface area contributed by atoms with Gasteiger partial charge in [-0.1, -0.05) is 78.9 Å². The molecule has 1 amide bonds. The Kier molecular flexibility index (Phi) is 6.31. The van der Waals surface area contributed by atoms with Crippen molar-refractivity contribution in [1.82, 2.24) is 0 Å². The van der Waals surface area contributed by atoms with Crippen LogP contribution in [-0.4, -0.2) is 11.7 Å². The third kappa shape index (κ3) is 6.08. The number of ketones is 1. The summed E-state index contributed by atoms with van der Waals surface area (Å²) in [6.45, 7) is 0. The van der Waals surface area contributed by atoms with E-state index >= 15 is 0 Å². The molecular weight excluding hydrogens is 334 g/mol. The molecular formula is C24H21NO2. The zero-order valence-corrected chi connectivity index (χ0v) is 15.0. The van der Waals surface area contributed by atoms with Crippen LogP contribution in [-0.2, 0) is 22.4 Å². The van der Waals surface area contributed by atoms with Gasteiger partial charge in [0, 0.05) is 12.1 Å². The molecule has 0 saturated carbocycles. The van der Waals surface area contributed by atoms with Crippen molar-refractivity contribution >= 4 is 23.5 Å². The number of rotatable bonds is 7. The highest BCUT2D eigenvalue weighted by molar-refractivity contribution is 5.95. The number of carbonyl (C=O) groups excluding carboxylic acids is 2. The summed E-state index contributed by atoms with van der Waals surface area (Å²) in [7, 11) is 0. The molecule has 0 fully saturated rings. The maximum Gasteiger partial charge on any atom is 0.228 e. The molecule has 0 aromatic heterocycles. The second-order valence-corrected chi connectivity index (χ2v) is 6.29. The van der Waals surface area contributed by atoms with Gasteiger partial charge in [0.2, 0.25) is 5.91 Å². The molecule has 3 rings (SSSR count). The Balaban J connectivity index is 1.51. The first-order chi connectivity index (χ1) is 13.2. The van der Waals surface area contributed by atoms with E-state index in [1.54, 1.807) is 6.08 Å². The fraction of sp³-hybridized carbons (Fsp3) is 0.0833. The largest absolute Gasteiger partial charge is 0.326 e. The fourth-order valence-electron chi connectivity index (χ4n) is 2.71. The van der Waals surface area contributed by atoms with Gasteiger partial charge in [-0.2, -0.15) is 0 Å². The van der Waals surface area contributed by atoms with Crippen LogP contribution >= 0.6 is 0 Å². The van der Waals surface area contributed by atoms with Gasteiger partial charge in [0.15, 0.2) is 5.78 Å². The zero-order valence-electron chi connectivity index (χ0n) is 15.0. The smallest absolute Gasteiger partial charge is 0.228 e. The summed E-state index contributed by atoms with van der Waals surface area (Å²) in [6, 6.07) is 26.7. The van der Waals surface area contributed by atoms with Crippen LogP contribution in [0.2, 0.25) is 0 Å². The van der Waals surface area contributed by atoms with E-state index in [1.807, 2.05) is 91.0 Å². The Labute approximate surface area is 159 Å². The fourth-order valence-corrected chi connectivity index (χ4v) is 2.71. The van der Waals surface area contributed by atoms with E-state index in [-0.39, 0.29) is 11.7 Å². The van der Waals surface area contributed by atoms with E-state index in [2.05, 4.69) is 5.32 Å². The minimum Gasteiger partial charge on any atom is -0.326 e. The van der Waals surface area contributed by atoms with Crippen LogP contribution in [0.1, 0.15) is 16.7 Å². The van der Waals surface area contributed by atoms with Crippen molar-refractivity contribution < 1.29 is 9.59 Å². The minimum atomic E-state index is -0.0594. The Hall–Kier alpha value is -3.46. The third-order valence-electron chi connectivity index (χ3n) is 4.08. The average molecular weight is 355 g/mol. The standard InChI is InChI=1S/C24H21NO2/c26-23(16-13-19-7-3-1-4-8-19)17-21-11-14-22(15-12-21)25-24(27)18-20-9-5-2-6-10-20/h1-16H,17-18H2,(H,25,27)/b16-13+. The lowest BCUT2D eigenvalue weighted by Gasteiger charge is -2.06. The summed E-state index contributed by atoms with van der Waals surface area (Å²) in [4.78, 5) is 24.2. The highest BCUT2D eigenvalue weighted by Gasteiger charge is 2.05. The van der Waals surface area contributed by atoms with Gasteiger partial charge < -0.3 is 5.32 Å². The first-order valence-corrected chi connectivity index (χ1v) is 8.88. The third-order valence-corrected chi connectivity index (χ3v) is 4.08. The lowest BCUT2D eigenvalue weighted by molar-refractivity contribution is -0.116. The highest BCUT2D eigenvalue weighted by Crippen LogP contribution is 2.12. The molecule has 0 saturated heterocycles. The molecule has 0 atom stereocenters. The minimum absolute atomic E-state index is 0.0414. The number of nitrogens with one attached hydrogen (secondary N) is 1. The number of amides is 1. The molecule has 134 valence electrons. The van der Waals surface area contributed by atoms with Crippen molar-refractivity contribution in [3.63, 3.8) is 0 Å². The SMILES string of the molecule is O=C(/C=C/c1ccccc1)Cc1ccc(NC(=O)Cc2ccccc2)cc1. The molecule has 0 unspecified atom stereocenters. The van der Waals surface area contributed by atoms with Gasteiger partial charge in [0.25, 0.3) is 0 Å². The lowest BCUT2D eigenvalue weighted by Crippen LogP contribution is -2.14. The molecule has 0 aliphatic rings. The molecule has 0 spiro atoms. The molecule has 0 heterocycles. The van der Waals surface area contributed by atoms with E-state index in [0.717, 1.165) is 22.4 Å². The van der Waals surface area contributed by atoms with Crippen molar-refractivity contribution in [2.75, 3.05) is 5.32 Å². The molecule has 3 heteroatoms. The molecule has 27 heavy (non-hydrogen) atoms. The maximum absolute atomic E-state index is 12.1. The topological polar surface area (TPSA) is 46.2 Å².